The van der Waals surface area contributed by atoms with Crippen LogP contribution in [0.1, 0.15) is 32.6 Å². The normalized spacial score (nSPS) is 22.2. The zero-order valence-corrected chi connectivity index (χ0v) is 6.86. The first-order valence-corrected chi connectivity index (χ1v) is 4.20. The van der Waals surface area contributed by atoms with Gasteiger partial charge in [0.05, 0.1) is 13.2 Å². The monoisotopic (exact) mass is 141 g/mol. The predicted octanol–water partition coefficient (Wildman–Crippen LogP) is 2.42. The summed E-state index contributed by atoms with van der Waals surface area (Å²) in [5, 5.41) is 0. The van der Waals surface area contributed by atoms with Crippen molar-refractivity contribution in [2.24, 2.45) is 5.41 Å². The Morgan fingerprint density at radius 3 is 2.50 bits per heavy atom. The second kappa shape index (κ2) is 3.38. The van der Waals surface area contributed by atoms with E-state index in [4.69, 9.17) is 4.74 Å². The Bertz CT molecular complexity index is 89.4. The van der Waals surface area contributed by atoms with Gasteiger partial charge in [-0.05, 0) is 12.8 Å². The summed E-state index contributed by atoms with van der Waals surface area (Å²) in [7, 11) is 0. The molecule has 0 unspecified atom stereocenters. The minimum Gasteiger partial charge on any atom is -0.380 e. The lowest BCUT2D eigenvalue weighted by Crippen LogP contribution is -2.41. The average molecular weight is 141 g/mol. The molecule has 1 aliphatic heterocycles. The molecule has 10 heavy (non-hydrogen) atoms. The van der Waals surface area contributed by atoms with Gasteiger partial charge in [0.1, 0.15) is 0 Å². The molecule has 0 aromatic heterocycles. The van der Waals surface area contributed by atoms with E-state index < -0.39 is 0 Å². The molecule has 1 nitrogen and oxygen atoms in total. The van der Waals surface area contributed by atoms with Crippen LogP contribution < -0.4 is 0 Å². The summed E-state index contributed by atoms with van der Waals surface area (Å²) in [6.07, 6.45) is 4.92. The number of unbranched alkanes of at least 4 members (excludes halogenated alkanes) is 1. The third-order valence-corrected chi connectivity index (χ3v) is 2.52. The second-order valence-corrected chi connectivity index (χ2v) is 3.30. The molecule has 1 aliphatic rings. The molecule has 0 saturated carbocycles. The molecule has 59 valence electrons. The Labute approximate surface area is 63.8 Å². The Balaban J connectivity index is 2.20. The minimum atomic E-state index is 0.553. The topological polar surface area (TPSA) is 9.23 Å². The molecular formula is C9H17O. The highest BCUT2D eigenvalue weighted by molar-refractivity contribution is 4.83. The molecule has 0 bridgehead atoms. The zero-order chi connectivity index (χ0) is 7.45. The molecule has 1 fully saturated rings. The molecule has 1 saturated heterocycles. The molecule has 1 rings (SSSR count). The number of hydrogen-bond donors (Lipinski definition) is 0. The summed E-state index contributed by atoms with van der Waals surface area (Å²) >= 11 is 0. The minimum absolute atomic E-state index is 0.553. The smallest absolute Gasteiger partial charge is 0.0544 e. The van der Waals surface area contributed by atoms with Gasteiger partial charge in [-0.15, -0.1) is 0 Å². The molecule has 0 amide bonds. The van der Waals surface area contributed by atoms with E-state index >= 15 is 0 Å². The lowest BCUT2D eigenvalue weighted by atomic mass is 9.79. The van der Waals surface area contributed by atoms with Crippen molar-refractivity contribution in [3.63, 3.8) is 0 Å². The molecule has 0 atom stereocenters. The highest BCUT2D eigenvalue weighted by Gasteiger charge is 2.35. The molecule has 0 N–H and O–H groups in total. The Morgan fingerprint density at radius 2 is 2.20 bits per heavy atom. The fourth-order valence-corrected chi connectivity index (χ4v) is 1.42. The van der Waals surface area contributed by atoms with Crippen molar-refractivity contribution < 1.29 is 4.74 Å². The summed E-state index contributed by atoms with van der Waals surface area (Å²) in [4.78, 5) is 0. The quantitative estimate of drug-likeness (QED) is 0.584. The van der Waals surface area contributed by atoms with Crippen LogP contribution in [0.25, 0.3) is 0 Å². The van der Waals surface area contributed by atoms with Crippen molar-refractivity contribution in [1.29, 1.82) is 0 Å². The first-order chi connectivity index (χ1) is 4.83. The van der Waals surface area contributed by atoms with E-state index in [0.717, 1.165) is 19.6 Å². The summed E-state index contributed by atoms with van der Waals surface area (Å²) < 4.78 is 5.21. The van der Waals surface area contributed by atoms with Gasteiger partial charge in [-0.3, -0.25) is 0 Å². The van der Waals surface area contributed by atoms with Gasteiger partial charge in [-0.2, -0.15) is 0 Å². The Kier molecular flexibility index (Phi) is 2.72. The van der Waals surface area contributed by atoms with Crippen LogP contribution in [0.4, 0.5) is 0 Å². The van der Waals surface area contributed by atoms with Crippen molar-refractivity contribution in [2.45, 2.75) is 32.6 Å². The molecule has 0 aromatic rings. The molecule has 0 aromatic carbocycles. The van der Waals surface area contributed by atoms with Crippen molar-refractivity contribution in [2.75, 3.05) is 13.2 Å². The van der Waals surface area contributed by atoms with E-state index in [-0.39, 0.29) is 0 Å². The van der Waals surface area contributed by atoms with Gasteiger partial charge < -0.3 is 4.74 Å². The third kappa shape index (κ3) is 1.51. The van der Waals surface area contributed by atoms with Crippen LogP contribution in [0.5, 0.6) is 0 Å². The van der Waals surface area contributed by atoms with Gasteiger partial charge in [0, 0.05) is 5.41 Å². The van der Waals surface area contributed by atoms with Crippen molar-refractivity contribution in [1.82, 2.24) is 0 Å². The van der Waals surface area contributed by atoms with E-state index in [1.54, 1.807) is 0 Å². The molecule has 1 radical (unpaired) electrons. The van der Waals surface area contributed by atoms with Crippen LogP contribution in [0.15, 0.2) is 0 Å². The van der Waals surface area contributed by atoms with Crippen molar-refractivity contribution in [3.8, 4) is 0 Å². The van der Waals surface area contributed by atoms with Crippen molar-refractivity contribution >= 4 is 0 Å². The SMILES string of the molecule is [CH2]CCCC1(CC)COC1. The lowest BCUT2D eigenvalue weighted by molar-refractivity contribution is -0.120. The van der Waals surface area contributed by atoms with Crippen LogP contribution in [-0.2, 0) is 4.74 Å². The van der Waals surface area contributed by atoms with Crippen LogP contribution in [-0.4, -0.2) is 13.2 Å². The van der Waals surface area contributed by atoms with Gasteiger partial charge in [0.2, 0.25) is 0 Å². The molecule has 1 heteroatoms. The van der Waals surface area contributed by atoms with Crippen LogP contribution in [0, 0.1) is 12.3 Å². The molecule has 1 heterocycles. The van der Waals surface area contributed by atoms with Crippen LogP contribution in [0.3, 0.4) is 0 Å². The molecule has 0 aliphatic carbocycles. The Morgan fingerprint density at radius 1 is 1.50 bits per heavy atom. The fourth-order valence-electron chi connectivity index (χ4n) is 1.42. The van der Waals surface area contributed by atoms with Gasteiger partial charge in [0.25, 0.3) is 0 Å². The zero-order valence-electron chi connectivity index (χ0n) is 6.86. The highest BCUT2D eigenvalue weighted by Crippen LogP contribution is 2.36. The number of rotatable bonds is 4. The summed E-state index contributed by atoms with van der Waals surface area (Å²) in [6, 6.07) is 0. The van der Waals surface area contributed by atoms with E-state index in [9.17, 15) is 0 Å². The van der Waals surface area contributed by atoms with Gasteiger partial charge in [-0.25, -0.2) is 0 Å². The maximum Gasteiger partial charge on any atom is 0.0544 e. The predicted molar refractivity (Wildman–Crippen MR) is 42.8 cm³/mol. The summed E-state index contributed by atoms with van der Waals surface area (Å²) in [6.45, 7) is 8.08. The third-order valence-electron chi connectivity index (χ3n) is 2.52. The van der Waals surface area contributed by atoms with Crippen molar-refractivity contribution in [3.05, 3.63) is 6.92 Å². The average Bonchev–Trinajstić information content (AvgIpc) is 1.87. The Hall–Kier alpha value is -0.0400. The van der Waals surface area contributed by atoms with Gasteiger partial charge >= 0.3 is 0 Å². The maximum atomic E-state index is 5.21. The van der Waals surface area contributed by atoms with E-state index in [1.165, 1.54) is 19.3 Å². The van der Waals surface area contributed by atoms with Gasteiger partial charge in [0.15, 0.2) is 0 Å². The summed E-state index contributed by atoms with van der Waals surface area (Å²) in [5.41, 5.74) is 0.553. The van der Waals surface area contributed by atoms with E-state index in [1.807, 2.05) is 0 Å². The first-order valence-electron chi connectivity index (χ1n) is 4.20. The lowest BCUT2D eigenvalue weighted by Gasteiger charge is -2.41. The maximum absolute atomic E-state index is 5.21. The largest absolute Gasteiger partial charge is 0.380 e. The van der Waals surface area contributed by atoms with E-state index in [0.29, 0.717) is 5.41 Å². The second-order valence-electron chi connectivity index (χ2n) is 3.30. The fraction of sp³-hybridized carbons (Fsp3) is 0.889. The highest BCUT2D eigenvalue weighted by atomic mass is 16.5. The number of ether oxygens (including phenoxy) is 1. The van der Waals surface area contributed by atoms with E-state index in [2.05, 4.69) is 13.8 Å². The number of hydrogen-bond acceptors (Lipinski definition) is 1. The summed E-state index contributed by atoms with van der Waals surface area (Å²) in [5.74, 6) is 0. The van der Waals surface area contributed by atoms with Crippen LogP contribution in [0.2, 0.25) is 0 Å². The van der Waals surface area contributed by atoms with Gasteiger partial charge in [-0.1, -0.05) is 26.7 Å². The first kappa shape index (κ1) is 8.06. The molecule has 0 spiro atoms. The van der Waals surface area contributed by atoms with Crippen LogP contribution >= 0.6 is 0 Å². The standard InChI is InChI=1S/C9H17O/c1-3-5-6-9(4-2)7-10-8-9/h1,3-8H2,2H3. The molecular weight excluding hydrogens is 124 g/mol.